The second-order valence-corrected chi connectivity index (χ2v) is 3.89. The van der Waals surface area contributed by atoms with E-state index in [4.69, 9.17) is 11.2 Å². The van der Waals surface area contributed by atoms with E-state index in [-0.39, 0.29) is 18.5 Å². The lowest BCUT2D eigenvalue weighted by Crippen LogP contribution is -2.45. The second kappa shape index (κ2) is 9.20. The van der Waals surface area contributed by atoms with Crippen molar-refractivity contribution in [3.05, 3.63) is 0 Å². The molecule has 0 aliphatic heterocycles. The van der Waals surface area contributed by atoms with Gasteiger partial charge in [0, 0.05) is 6.61 Å². The van der Waals surface area contributed by atoms with Gasteiger partial charge in [-0.3, -0.25) is 10.1 Å². The van der Waals surface area contributed by atoms with E-state index in [1.165, 1.54) is 0 Å². The van der Waals surface area contributed by atoms with Gasteiger partial charge in [-0.15, -0.1) is 6.42 Å². The van der Waals surface area contributed by atoms with Crippen LogP contribution in [0.5, 0.6) is 0 Å². The predicted octanol–water partition coefficient (Wildman–Crippen LogP) is 0.386. The largest absolute Gasteiger partial charge is 0.380 e. The molecule has 92 valence electrons. The first-order valence-electron chi connectivity index (χ1n) is 5.63. The Hall–Kier alpha value is -1.05. The molecule has 0 saturated carbocycles. The van der Waals surface area contributed by atoms with Crippen LogP contribution in [-0.4, -0.2) is 38.3 Å². The number of hydrogen-bond donors (Lipinski definition) is 2. The lowest BCUT2D eigenvalue weighted by molar-refractivity contribution is -0.121. The van der Waals surface area contributed by atoms with Crippen LogP contribution in [0.1, 0.15) is 20.8 Å². The highest BCUT2D eigenvalue weighted by molar-refractivity contribution is 5.78. The zero-order valence-corrected chi connectivity index (χ0v) is 10.4. The Bertz CT molecular complexity index is 234. The van der Waals surface area contributed by atoms with Crippen molar-refractivity contribution in [2.24, 2.45) is 5.92 Å². The van der Waals surface area contributed by atoms with Gasteiger partial charge in [-0.05, 0) is 12.8 Å². The summed E-state index contributed by atoms with van der Waals surface area (Å²) in [6, 6.07) is 0.0556. The maximum Gasteiger partial charge on any atom is 0.234 e. The molecular weight excluding hydrogens is 204 g/mol. The number of amides is 1. The first-order valence-corrected chi connectivity index (χ1v) is 5.63. The average molecular weight is 226 g/mol. The molecule has 0 aliphatic rings. The summed E-state index contributed by atoms with van der Waals surface area (Å²) in [5.74, 6) is 2.72. The zero-order valence-electron chi connectivity index (χ0n) is 10.4. The third-order valence-electron chi connectivity index (χ3n) is 2.17. The maximum absolute atomic E-state index is 11.5. The molecule has 0 aliphatic carbocycles. The number of ether oxygens (including phenoxy) is 1. The number of rotatable bonds is 8. The Morgan fingerprint density at radius 3 is 2.69 bits per heavy atom. The van der Waals surface area contributed by atoms with Gasteiger partial charge in [0.25, 0.3) is 0 Å². The lowest BCUT2D eigenvalue weighted by Gasteiger charge is -2.22. The van der Waals surface area contributed by atoms with E-state index in [0.29, 0.717) is 25.7 Å². The Kier molecular flexibility index (Phi) is 8.59. The van der Waals surface area contributed by atoms with Crippen LogP contribution in [0.15, 0.2) is 0 Å². The van der Waals surface area contributed by atoms with Crippen LogP contribution in [0.3, 0.4) is 0 Å². The van der Waals surface area contributed by atoms with E-state index >= 15 is 0 Å². The Balaban J connectivity index is 3.89. The maximum atomic E-state index is 11.5. The number of carbonyl (C=O) groups excluding carboxylic acids is 1. The van der Waals surface area contributed by atoms with Crippen molar-refractivity contribution in [1.29, 1.82) is 0 Å². The molecule has 0 spiro atoms. The van der Waals surface area contributed by atoms with E-state index in [9.17, 15) is 4.79 Å². The molecule has 4 heteroatoms. The fraction of sp³-hybridized carbons (Fsp3) is 0.750. The van der Waals surface area contributed by atoms with Crippen LogP contribution >= 0.6 is 0 Å². The summed E-state index contributed by atoms with van der Waals surface area (Å²) in [5.41, 5.74) is 0. The third-order valence-corrected chi connectivity index (χ3v) is 2.17. The Morgan fingerprint density at radius 2 is 2.19 bits per heavy atom. The molecular formula is C12H22N2O2. The number of terminal acetylenes is 1. The lowest BCUT2D eigenvalue weighted by atomic mass is 10.1. The summed E-state index contributed by atoms with van der Waals surface area (Å²) in [6.45, 7) is 7.92. The molecule has 1 atom stereocenters. The molecule has 0 radical (unpaired) electrons. The normalized spacial score (nSPS) is 12.2. The summed E-state index contributed by atoms with van der Waals surface area (Å²) in [4.78, 5) is 11.5. The Labute approximate surface area is 98.1 Å². The number of nitrogens with one attached hydrogen (secondary N) is 2. The minimum Gasteiger partial charge on any atom is -0.380 e. The van der Waals surface area contributed by atoms with Crippen molar-refractivity contribution in [3.8, 4) is 12.3 Å². The molecule has 0 aromatic rings. The summed E-state index contributed by atoms with van der Waals surface area (Å²) in [5, 5.41) is 5.76. The Morgan fingerprint density at radius 1 is 1.50 bits per heavy atom. The molecule has 1 amide bonds. The van der Waals surface area contributed by atoms with Crippen molar-refractivity contribution in [2.45, 2.75) is 26.8 Å². The molecule has 0 rings (SSSR count). The smallest absolute Gasteiger partial charge is 0.234 e. The van der Waals surface area contributed by atoms with Crippen molar-refractivity contribution in [1.82, 2.24) is 10.6 Å². The number of carbonyl (C=O) groups is 1. The molecule has 0 aromatic carbocycles. The summed E-state index contributed by atoms with van der Waals surface area (Å²) < 4.78 is 5.32. The fourth-order valence-corrected chi connectivity index (χ4v) is 1.15. The van der Waals surface area contributed by atoms with Crippen LogP contribution in [0.25, 0.3) is 0 Å². The minimum absolute atomic E-state index is 0.0475. The minimum atomic E-state index is -0.0475. The fourth-order valence-electron chi connectivity index (χ4n) is 1.15. The van der Waals surface area contributed by atoms with E-state index < -0.39 is 0 Å². The molecule has 0 saturated heterocycles. The second-order valence-electron chi connectivity index (χ2n) is 3.89. The van der Waals surface area contributed by atoms with Gasteiger partial charge < -0.3 is 10.1 Å². The molecule has 16 heavy (non-hydrogen) atoms. The summed E-state index contributed by atoms with van der Waals surface area (Å²) >= 11 is 0. The molecule has 0 aromatic heterocycles. The highest BCUT2D eigenvalue weighted by Gasteiger charge is 2.15. The van der Waals surface area contributed by atoms with E-state index in [1.807, 2.05) is 6.92 Å². The van der Waals surface area contributed by atoms with Gasteiger partial charge in [0.2, 0.25) is 5.91 Å². The van der Waals surface area contributed by atoms with Crippen molar-refractivity contribution < 1.29 is 9.53 Å². The highest BCUT2D eigenvalue weighted by Crippen LogP contribution is 2.01. The molecule has 2 N–H and O–H groups in total. The zero-order chi connectivity index (χ0) is 12.4. The first-order chi connectivity index (χ1) is 7.61. The van der Waals surface area contributed by atoms with Crippen LogP contribution in [0.2, 0.25) is 0 Å². The van der Waals surface area contributed by atoms with Crippen LogP contribution in [0.4, 0.5) is 0 Å². The van der Waals surface area contributed by atoms with Crippen molar-refractivity contribution >= 4 is 5.91 Å². The van der Waals surface area contributed by atoms with Crippen molar-refractivity contribution in [2.75, 3.05) is 26.3 Å². The van der Waals surface area contributed by atoms with E-state index in [2.05, 4.69) is 30.4 Å². The average Bonchev–Trinajstić information content (AvgIpc) is 2.24. The van der Waals surface area contributed by atoms with Gasteiger partial charge in [-0.2, -0.15) is 0 Å². The van der Waals surface area contributed by atoms with Crippen LogP contribution < -0.4 is 10.6 Å². The van der Waals surface area contributed by atoms with Crippen LogP contribution in [0, 0.1) is 18.3 Å². The van der Waals surface area contributed by atoms with Crippen molar-refractivity contribution in [3.63, 3.8) is 0 Å². The standard InChI is InChI=1S/C12H22N2O2/c1-5-7-13-8-12(15)14-11(10(3)4)9-16-6-2/h1,10-11,13H,6-9H2,2-4H3,(H,14,15). The third kappa shape index (κ3) is 7.27. The van der Waals surface area contributed by atoms with Gasteiger partial charge in [0.1, 0.15) is 0 Å². The van der Waals surface area contributed by atoms with Gasteiger partial charge in [0.15, 0.2) is 0 Å². The molecule has 4 nitrogen and oxygen atoms in total. The molecule has 1 unspecified atom stereocenters. The summed E-state index contributed by atoms with van der Waals surface area (Å²) in [6.07, 6.45) is 5.07. The van der Waals surface area contributed by atoms with Gasteiger partial charge in [-0.25, -0.2) is 0 Å². The first kappa shape index (κ1) is 14.9. The van der Waals surface area contributed by atoms with Gasteiger partial charge >= 0.3 is 0 Å². The SMILES string of the molecule is C#CCNCC(=O)NC(COCC)C(C)C. The summed E-state index contributed by atoms with van der Waals surface area (Å²) in [7, 11) is 0. The van der Waals surface area contributed by atoms with E-state index in [0.717, 1.165) is 0 Å². The molecule has 0 fully saturated rings. The monoisotopic (exact) mass is 226 g/mol. The highest BCUT2D eigenvalue weighted by atomic mass is 16.5. The number of hydrogen-bond acceptors (Lipinski definition) is 3. The molecule has 0 bridgehead atoms. The predicted molar refractivity (Wildman–Crippen MR) is 65.0 cm³/mol. The van der Waals surface area contributed by atoms with Crippen LogP contribution in [-0.2, 0) is 9.53 Å². The van der Waals surface area contributed by atoms with Gasteiger partial charge in [-0.1, -0.05) is 19.8 Å². The quantitative estimate of drug-likeness (QED) is 0.465. The topological polar surface area (TPSA) is 50.4 Å². The van der Waals surface area contributed by atoms with Gasteiger partial charge in [0.05, 0.1) is 25.7 Å². The van der Waals surface area contributed by atoms with E-state index in [1.54, 1.807) is 0 Å². The molecule has 0 heterocycles.